The second kappa shape index (κ2) is 3.65. The molecule has 0 saturated heterocycles. The number of aliphatic imine (C=N–C) groups is 1. The van der Waals surface area contributed by atoms with Crippen LogP contribution >= 0.6 is 23.2 Å². The van der Waals surface area contributed by atoms with Crippen molar-refractivity contribution in [1.82, 2.24) is 0 Å². The van der Waals surface area contributed by atoms with Crippen LogP contribution in [0.5, 0.6) is 0 Å². The zero-order valence-corrected chi connectivity index (χ0v) is 7.60. The Hall–Kier alpha value is -0.930. The third-order valence-electron chi connectivity index (χ3n) is 1.16. The van der Waals surface area contributed by atoms with Crippen LogP contribution in [0.25, 0.3) is 0 Å². The van der Waals surface area contributed by atoms with Crippen molar-refractivity contribution < 1.29 is 0 Å². The highest BCUT2D eigenvalue weighted by Crippen LogP contribution is 2.27. The highest BCUT2D eigenvalue weighted by Gasteiger charge is 1.98. The van der Waals surface area contributed by atoms with Gasteiger partial charge in [-0.2, -0.15) is 0 Å². The molecule has 1 aromatic carbocycles. The van der Waals surface area contributed by atoms with Gasteiger partial charge in [-0.05, 0) is 18.2 Å². The van der Waals surface area contributed by atoms with E-state index in [1.54, 1.807) is 18.2 Å². The standard InChI is InChI=1S/C7H7Cl2N3/c8-4-1-2-6(5(9)3-4)12-7(10)11/h1-3H,(H4,10,11,12). The van der Waals surface area contributed by atoms with Crippen LogP contribution in [0.15, 0.2) is 23.2 Å². The lowest BCUT2D eigenvalue weighted by molar-refractivity contribution is 1.42. The number of rotatable bonds is 1. The van der Waals surface area contributed by atoms with Crippen LogP contribution in [-0.2, 0) is 0 Å². The number of benzene rings is 1. The molecule has 0 aliphatic carbocycles. The molecule has 0 aromatic heterocycles. The first kappa shape index (κ1) is 9.16. The van der Waals surface area contributed by atoms with Crippen LogP contribution in [-0.4, -0.2) is 5.96 Å². The lowest BCUT2D eigenvalue weighted by atomic mass is 10.3. The van der Waals surface area contributed by atoms with E-state index in [1.165, 1.54) is 0 Å². The molecule has 4 N–H and O–H groups in total. The highest BCUT2D eigenvalue weighted by molar-refractivity contribution is 6.36. The van der Waals surface area contributed by atoms with E-state index in [2.05, 4.69) is 4.99 Å². The highest BCUT2D eigenvalue weighted by atomic mass is 35.5. The van der Waals surface area contributed by atoms with Crippen LogP contribution in [0.3, 0.4) is 0 Å². The Morgan fingerprint density at radius 3 is 2.42 bits per heavy atom. The fourth-order valence-corrected chi connectivity index (χ4v) is 1.16. The Morgan fingerprint density at radius 2 is 1.92 bits per heavy atom. The Bertz CT molecular complexity index is 318. The van der Waals surface area contributed by atoms with Gasteiger partial charge >= 0.3 is 0 Å². The molecule has 0 bridgehead atoms. The van der Waals surface area contributed by atoms with E-state index in [4.69, 9.17) is 34.7 Å². The van der Waals surface area contributed by atoms with Crippen molar-refractivity contribution in [1.29, 1.82) is 0 Å². The van der Waals surface area contributed by atoms with Crippen molar-refractivity contribution in [3.8, 4) is 0 Å². The van der Waals surface area contributed by atoms with Crippen molar-refractivity contribution in [3.05, 3.63) is 28.2 Å². The maximum atomic E-state index is 5.77. The molecule has 0 unspecified atom stereocenters. The molecule has 0 spiro atoms. The summed E-state index contributed by atoms with van der Waals surface area (Å²) >= 11 is 11.4. The Balaban J connectivity index is 3.10. The lowest BCUT2D eigenvalue weighted by Gasteiger charge is -1.98. The quantitative estimate of drug-likeness (QED) is 0.541. The molecular weight excluding hydrogens is 197 g/mol. The minimum Gasteiger partial charge on any atom is -0.370 e. The summed E-state index contributed by atoms with van der Waals surface area (Å²) in [5.41, 5.74) is 10.8. The van der Waals surface area contributed by atoms with Crippen molar-refractivity contribution >= 4 is 34.8 Å². The van der Waals surface area contributed by atoms with Gasteiger partial charge in [-0.25, -0.2) is 4.99 Å². The lowest BCUT2D eigenvalue weighted by Crippen LogP contribution is -2.21. The maximum absolute atomic E-state index is 5.77. The predicted octanol–water partition coefficient (Wildman–Crippen LogP) is 1.90. The molecule has 0 aliphatic rings. The Morgan fingerprint density at radius 1 is 1.25 bits per heavy atom. The van der Waals surface area contributed by atoms with E-state index in [-0.39, 0.29) is 5.96 Å². The summed E-state index contributed by atoms with van der Waals surface area (Å²) in [6.45, 7) is 0. The zero-order valence-electron chi connectivity index (χ0n) is 6.09. The molecule has 0 saturated carbocycles. The van der Waals surface area contributed by atoms with Gasteiger partial charge in [0.2, 0.25) is 0 Å². The summed E-state index contributed by atoms with van der Waals surface area (Å²) in [7, 11) is 0. The molecule has 1 aromatic rings. The van der Waals surface area contributed by atoms with E-state index in [0.29, 0.717) is 15.7 Å². The molecule has 0 heterocycles. The SMILES string of the molecule is NC(N)=Nc1ccc(Cl)cc1Cl. The van der Waals surface area contributed by atoms with Crippen molar-refractivity contribution in [2.45, 2.75) is 0 Å². The third kappa shape index (κ3) is 2.29. The monoisotopic (exact) mass is 203 g/mol. The molecule has 0 atom stereocenters. The van der Waals surface area contributed by atoms with Gasteiger partial charge in [0, 0.05) is 5.02 Å². The average molecular weight is 204 g/mol. The van der Waals surface area contributed by atoms with Crippen LogP contribution < -0.4 is 11.5 Å². The molecule has 0 radical (unpaired) electrons. The molecular formula is C7H7Cl2N3. The molecule has 12 heavy (non-hydrogen) atoms. The van der Waals surface area contributed by atoms with Crippen molar-refractivity contribution in [2.75, 3.05) is 0 Å². The zero-order chi connectivity index (χ0) is 9.14. The minimum absolute atomic E-state index is 0.0285. The topological polar surface area (TPSA) is 64.4 Å². The maximum Gasteiger partial charge on any atom is 0.191 e. The number of nitrogens with zero attached hydrogens (tertiary/aromatic N) is 1. The van der Waals surface area contributed by atoms with E-state index >= 15 is 0 Å². The van der Waals surface area contributed by atoms with Gasteiger partial charge in [-0.3, -0.25) is 0 Å². The van der Waals surface area contributed by atoms with Crippen LogP contribution in [0, 0.1) is 0 Å². The third-order valence-corrected chi connectivity index (χ3v) is 1.70. The molecule has 1 rings (SSSR count). The van der Waals surface area contributed by atoms with Gasteiger partial charge in [0.1, 0.15) is 0 Å². The summed E-state index contributed by atoms with van der Waals surface area (Å²) in [6, 6.07) is 4.88. The molecule has 5 heteroatoms. The molecule has 3 nitrogen and oxygen atoms in total. The number of guanidine groups is 1. The Labute approximate surface area is 80.0 Å². The second-order valence-electron chi connectivity index (χ2n) is 2.13. The largest absolute Gasteiger partial charge is 0.370 e. The summed E-state index contributed by atoms with van der Waals surface area (Å²) < 4.78 is 0. The number of hydrogen-bond donors (Lipinski definition) is 2. The van der Waals surface area contributed by atoms with Crippen molar-refractivity contribution in [3.63, 3.8) is 0 Å². The summed E-state index contributed by atoms with van der Waals surface area (Å²) in [6.07, 6.45) is 0. The first-order chi connectivity index (χ1) is 5.59. The van der Waals surface area contributed by atoms with Gasteiger partial charge in [0.05, 0.1) is 10.7 Å². The van der Waals surface area contributed by atoms with Gasteiger partial charge in [0.25, 0.3) is 0 Å². The second-order valence-corrected chi connectivity index (χ2v) is 2.98. The average Bonchev–Trinajstić information content (AvgIpc) is 1.94. The minimum atomic E-state index is -0.0285. The van der Waals surface area contributed by atoms with Gasteiger partial charge < -0.3 is 11.5 Å². The first-order valence-electron chi connectivity index (χ1n) is 3.14. The summed E-state index contributed by atoms with van der Waals surface area (Å²) in [5, 5.41) is 0.977. The molecule has 0 amide bonds. The van der Waals surface area contributed by atoms with Gasteiger partial charge in [-0.15, -0.1) is 0 Å². The molecule has 64 valence electrons. The number of halogens is 2. The van der Waals surface area contributed by atoms with E-state index in [0.717, 1.165) is 0 Å². The Kier molecular flexibility index (Phi) is 2.78. The van der Waals surface area contributed by atoms with E-state index in [1.807, 2.05) is 0 Å². The van der Waals surface area contributed by atoms with Gasteiger partial charge in [-0.1, -0.05) is 23.2 Å². The number of nitrogens with two attached hydrogens (primary N) is 2. The van der Waals surface area contributed by atoms with E-state index < -0.39 is 0 Å². The van der Waals surface area contributed by atoms with Crippen LogP contribution in [0.2, 0.25) is 10.0 Å². The number of hydrogen-bond acceptors (Lipinski definition) is 1. The smallest absolute Gasteiger partial charge is 0.191 e. The van der Waals surface area contributed by atoms with E-state index in [9.17, 15) is 0 Å². The fourth-order valence-electron chi connectivity index (χ4n) is 0.711. The first-order valence-corrected chi connectivity index (χ1v) is 3.90. The van der Waals surface area contributed by atoms with Crippen molar-refractivity contribution in [2.24, 2.45) is 16.5 Å². The van der Waals surface area contributed by atoms with Gasteiger partial charge in [0.15, 0.2) is 5.96 Å². The summed E-state index contributed by atoms with van der Waals surface area (Å²) in [4.78, 5) is 3.78. The molecule has 0 fully saturated rings. The van der Waals surface area contributed by atoms with Crippen LogP contribution in [0.4, 0.5) is 5.69 Å². The normalized spacial score (nSPS) is 9.50. The predicted molar refractivity (Wildman–Crippen MR) is 51.9 cm³/mol. The molecule has 0 aliphatic heterocycles. The van der Waals surface area contributed by atoms with Crippen LogP contribution in [0.1, 0.15) is 0 Å². The summed E-state index contributed by atoms with van der Waals surface area (Å²) in [5.74, 6) is -0.0285. The fraction of sp³-hybridized carbons (Fsp3) is 0.